The van der Waals surface area contributed by atoms with Crippen molar-refractivity contribution in [3.63, 3.8) is 0 Å². The van der Waals surface area contributed by atoms with Crippen molar-refractivity contribution in [3.05, 3.63) is 10.6 Å². The Balaban J connectivity index is 1.54. The molecule has 1 amide bonds. The van der Waals surface area contributed by atoms with Crippen LogP contribution in [0.2, 0.25) is 0 Å². The number of carbonyl (C=O) groups is 1. The van der Waals surface area contributed by atoms with Gasteiger partial charge in [0.15, 0.2) is 5.13 Å². The van der Waals surface area contributed by atoms with Gasteiger partial charge in [-0.15, -0.1) is 11.3 Å². The van der Waals surface area contributed by atoms with Crippen LogP contribution in [0, 0.1) is 13.8 Å². The number of piperazine rings is 1. The zero-order valence-corrected chi connectivity index (χ0v) is 14.3. The van der Waals surface area contributed by atoms with Crippen molar-refractivity contribution in [3.8, 4) is 0 Å². The summed E-state index contributed by atoms with van der Waals surface area (Å²) < 4.78 is 0. The van der Waals surface area contributed by atoms with E-state index in [9.17, 15) is 9.90 Å². The summed E-state index contributed by atoms with van der Waals surface area (Å²) in [7, 11) is 0. The van der Waals surface area contributed by atoms with E-state index in [0.717, 1.165) is 62.7 Å². The molecule has 122 valence electrons. The molecule has 1 saturated carbocycles. The molecule has 1 aromatic heterocycles. The van der Waals surface area contributed by atoms with E-state index < -0.39 is 5.60 Å². The molecular formula is C16H25N3O2S. The van der Waals surface area contributed by atoms with Gasteiger partial charge in [-0.25, -0.2) is 4.98 Å². The maximum Gasteiger partial charge on any atom is 0.225 e. The lowest BCUT2D eigenvalue weighted by Gasteiger charge is -2.36. The van der Waals surface area contributed by atoms with Gasteiger partial charge in [0.1, 0.15) is 0 Å². The summed E-state index contributed by atoms with van der Waals surface area (Å²) in [5.41, 5.74) is 0.361. The van der Waals surface area contributed by atoms with Gasteiger partial charge in [-0.2, -0.15) is 0 Å². The largest absolute Gasteiger partial charge is 0.389 e. The molecule has 1 N–H and O–H groups in total. The van der Waals surface area contributed by atoms with Crippen molar-refractivity contribution in [1.82, 2.24) is 9.88 Å². The standard InChI is InChI=1S/C16H25N3O2S/c1-12-13(2)22-15(17-12)19-9-7-18(8-10-19)14(20)11-16(21)5-3-4-6-16/h21H,3-11H2,1-2H3. The van der Waals surface area contributed by atoms with Crippen molar-refractivity contribution in [1.29, 1.82) is 0 Å². The van der Waals surface area contributed by atoms with Gasteiger partial charge in [-0.1, -0.05) is 12.8 Å². The Morgan fingerprint density at radius 1 is 1.23 bits per heavy atom. The Labute approximate surface area is 135 Å². The Morgan fingerprint density at radius 2 is 1.86 bits per heavy atom. The normalized spacial score (nSPS) is 21.4. The molecule has 2 fully saturated rings. The molecule has 2 heterocycles. The Morgan fingerprint density at radius 3 is 2.41 bits per heavy atom. The predicted octanol–water partition coefficient (Wildman–Crippen LogP) is 2.10. The molecule has 1 saturated heterocycles. The Hall–Kier alpha value is -1.14. The van der Waals surface area contributed by atoms with Gasteiger partial charge in [0, 0.05) is 31.1 Å². The average molecular weight is 323 g/mol. The lowest BCUT2D eigenvalue weighted by Crippen LogP contribution is -2.50. The zero-order valence-electron chi connectivity index (χ0n) is 13.5. The number of aryl methyl sites for hydroxylation is 2. The van der Waals surface area contributed by atoms with Gasteiger partial charge in [-0.3, -0.25) is 4.79 Å². The fourth-order valence-electron chi connectivity index (χ4n) is 3.34. The van der Waals surface area contributed by atoms with Crippen molar-refractivity contribution >= 4 is 22.4 Å². The van der Waals surface area contributed by atoms with E-state index in [4.69, 9.17) is 0 Å². The second kappa shape index (κ2) is 6.16. The number of hydrogen-bond acceptors (Lipinski definition) is 5. The SMILES string of the molecule is Cc1nc(N2CCN(C(=O)CC3(O)CCCC3)CC2)sc1C. The van der Waals surface area contributed by atoms with Gasteiger partial charge < -0.3 is 14.9 Å². The van der Waals surface area contributed by atoms with E-state index in [1.54, 1.807) is 11.3 Å². The molecule has 0 spiro atoms. The number of hydrogen-bond donors (Lipinski definition) is 1. The third-order valence-electron chi connectivity index (χ3n) is 4.93. The molecule has 1 aliphatic heterocycles. The van der Waals surface area contributed by atoms with Gasteiger partial charge in [0.2, 0.25) is 5.91 Å². The van der Waals surface area contributed by atoms with Crippen LogP contribution in [-0.4, -0.2) is 52.7 Å². The average Bonchev–Trinajstić information content (AvgIpc) is 3.06. The number of amides is 1. The molecule has 0 radical (unpaired) electrons. The summed E-state index contributed by atoms with van der Waals surface area (Å²) in [5, 5.41) is 11.5. The summed E-state index contributed by atoms with van der Waals surface area (Å²) in [6.45, 7) is 7.25. The van der Waals surface area contributed by atoms with Crippen molar-refractivity contribution < 1.29 is 9.90 Å². The van der Waals surface area contributed by atoms with E-state index >= 15 is 0 Å². The second-order valence-corrected chi connectivity index (χ2v) is 7.80. The van der Waals surface area contributed by atoms with Gasteiger partial charge >= 0.3 is 0 Å². The molecular weight excluding hydrogens is 298 g/mol. The summed E-state index contributed by atoms with van der Waals surface area (Å²) in [5.74, 6) is 0.107. The number of rotatable bonds is 3. The molecule has 2 aliphatic rings. The van der Waals surface area contributed by atoms with E-state index in [1.807, 2.05) is 11.8 Å². The Kier molecular flexibility index (Phi) is 4.41. The van der Waals surface area contributed by atoms with Crippen molar-refractivity contribution in [2.75, 3.05) is 31.1 Å². The molecule has 5 nitrogen and oxygen atoms in total. The number of thiazole rings is 1. The molecule has 1 aromatic rings. The van der Waals surface area contributed by atoms with Gasteiger partial charge in [-0.05, 0) is 26.7 Å². The minimum atomic E-state index is -0.738. The highest BCUT2D eigenvalue weighted by Gasteiger charge is 2.35. The molecule has 3 rings (SSSR count). The summed E-state index contributed by atoms with van der Waals surface area (Å²) >= 11 is 1.73. The molecule has 6 heteroatoms. The van der Waals surface area contributed by atoms with Crippen LogP contribution < -0.4 is 4.90 Å². The summed E-state index contributed by atoms with van der Waals surface area (Å²) in [4.78, 5) is 22.4. The highest BCUT2D eigenvalue weighted by Crippen LogP contribution is 2.33. The van der Waals surface area contributed by atoms with Crippen LogP contribution in [0.15, 0.2) is 0 Å². The second-order valence-electron chi connectivity index (χ2n) is 6.61. The molecule has 22 heavy (non-hydrogen) atoms. The lowest BCUT2D eigenvalue weighted by atomic mass is 9.97. The third kappa shape index (κ3) is 3.27. The molecule has 0 aromatic carbocycles. The van der Waals surface area contributed by atoms with Crippen molar-refractivity contribution in [2.24, 2.45) is 0 Å². The fraction of sp³-hybridized carbons (Fsp3) is 0.750. The minimum absolute atomic E-state index is 0.107. The van der Waals surface area contributed by atoms with E-state index in [-0.39, 0.29) is 5.91 Å². The fourth-order valence-corrected chi connectivity index (χ4v) is 4.30. The summed E-state index contributed by atoms with van der Waals surface area (Å²) in [6, 6.07) is 0. The van der Waals surface area contributed by atoms with Crippen LogP contribution in [0.25, 0.3) is 0 Å². The quantitative estimate of drug-likeness (QED) is 0.925. The number of carbonyl (C=O) groups excluding carboxylic acids is 1. The highest BCUT2D eigenvalue weighted by atomic mass is 32.1. The zero-order chi connectivity index (χ0) is 15.7. The number of nitrogens with zero attached hydrogens (tertiary/aromatic N) is 3. The topological polar surface area (TPSA) is 56.7 Å². The first-order chi connectivity index (χ1) is 10.5. The number of aliphatic hydroxyl groups is 1. The Bertz CT molecular complexity index is 524. The van der Waals surface area contributed by atoms with E-state index in [0.29, 0.717) is 6.42 Å². The first kappa shape index (κ1) is 15.7. The van der Waals surface area contributed by atoms with Crippen LogP contribution in [0.5, 0.6) is 0 Å². The predicted molar refractivity (Wildman–Crippen MR) is 88.4 cm³/mol. The number of anilines is 1. The monoisotopic (exact) mass is 323 g/mol. The number of aromatic nitrogens is 1. The van der Waals surface area contributed by atoms with Crippen LogP contribution in [-0.2, 0) is 4.79 Å². The maximum atomic E-state index is 12.4. The first-order valence-corrected chi connectivity index (χ1v) is 8.98. The van der Waals surface area contributed by atoms with Crippen LogP contribution in [0.4, 0.5) is 5.13 Å². The minimum Gasteiger partial charge on any atom is -0.389 e. The lowest BCUT2D eigenvalue weighted by molar-refractivity contribution is -0.136. The smallest absolute Gasteiger partial charge is 0.225 e. The van der Waals surface area contributed by atoms with E-state index in [2.05, 4.69) is 16.8 Å². The van der Waals surface area contributed by atoms with Crippen LogP contribution >= 0.6 is 11.3 Å². The van der Waals surface area contributed by atoms with Crippen LogP contribution in [0.1, 0.15) is 42.7 Å². The molecule has 0 atom stereocenters. The van der Waals surface area contributed by atoms with Gasteiger partial charge in [0.25, 0.3) is 0 Å². The van der Waals surface area contributed by atoms with Crippen LogP contribution in [0.3, 0.4) is 0 Å². The molecule has 0 unspecified atom stereocenters. The molecule has 1 aliphatic carbocycles. The van der Waals surface area contributed by atoms with E-state index in [1.165, 1.54) is 4.88 Å². The van der Waals surface area contributed by atoms with Gasteiger partial charge in [0.05, 0.1) is 17.7 Å². The summed E-state index contributed by atoms with van der Waals surface area (Å²) in [6.07, 6.45) is 3.93. The maximum absolute atomic E-state index is 12.4. The molecule has 0 bridgehead atoms. The van der Waals surface area contributed by atoms with Crippen molar-refractivity contribution in [2.45, 2.75) is 51.6 Å². The highest BCUT2D eigenvalue weighted by molar-refractivity contribution is 7.15. The third-order valence-corrected chi connectivity index (χ3v) is 6.07. The first-order valence-electron chi connectivity index (χ1n) is 8.16.